The maximum absolute atomic E-state index is 12.0. The molecule has 19 heavy (non-hydrogen) atoms. The Balaban J connectivity index is 1.97. The monoisotopic (exact) mass is 318 g/mol. The predicted octanol–water partition coefficient (Wildman–Crippen LogP) is 3.98. The summed E-state index contributed by atoms with van der Waals surface area (Å²) in [5.74, 6) is 0.152. The van der Waals surface area contributed by atoms with Crippen molar-refractivity contribution in [3.8, 4) is 0 Å². The van der Waals surface area contributed by atoms with Crippen molar-refractivity contribution in [1.29, 1.82) is 0 Å². The van der Waals surface area contributed by atoms with Gasteiger partial charge in [0.2, 0.25) is 5.91 Å². The molecule has 1 aromatic carbocycles. The molecule has 1 heterocycles. The Bertz CT molecular complexity index is 557. The van der Waals surface area contributed by atoms with E-state index in [-0.39, 0.29) is 11.8 Å². The van der Waals surface area contributed by atoms with E-state index in [0.29, 0.717) is 6.42 Å². The van der Waals surface area contributed by atoms with Gasteiger partial charge in [-0.05, 0) is 45.6 Å². The number of para-hydroxylation sites is 1. The van der Waals surface area contributed by atoms with Crippen molar-refractivity contribution in [2.24, 2.45) is 0 Å². The summed E-state index contributed by atoms with van der Waals surface area (Å²) in [5, 5.41) is 2.90. The maximum atomic E-state index is 12.0. The van der Waals surface area contributed by atoms with Crippen molar-refractivity contribution < 1.29 is 4.79 Å². The van der Waals surface area contributed by atoms with Gasteiger partial charge in [-0.1, -0.05) is 25.1 Å². The normalized spacial score (nSPS) is 11.9. The lowest BCUT2D eigenvalue weighted by molar-refractivity contribution is -0.116. The Hall–Kier alpha value is -1.68. The Morgan fingerprint density at radius 3 is 2.79 bits per heavy atom. The van der Waals surface area contributed by atoms with Crippen LogP contribution in [0.1, 0.15) is 24.8 Å². The topological polar surface area (TPSA) is 42.0 Å². The van der Waals surface area contributed by atoms with Gasteiger partial charge in [-0.3, -0.25) is 9.78 Å². The van der Waals surface area contributed by atoms with Crippen LogP contribution in [0.4, 0.5) is 5.69 Å². The van der Waals surface area contributed by atoms with Crippen LogP contribution in [0.25, 0.3) is 0 Å². The van der Waals surface area contributed by atoms with Crippen LogP contribution in [-0.2, 0) is 4.79 Å². The second-order valence-corrected chi connectivity index (χ2v) is 5.27. The third-order valence-electron chi connectivity index (χ3n) is 2.89. The zero-order valence-electron chi connectivity index (χ0n) is 10.6. The van der Waals surface area contributed by atoms with E-state index in [1.165, 1.54) is 0 Å². The molecule has 1 N–H and O–H groups in total. The van der Waals surface area contributed by atoms with Crippen molar-refractivity contribution in [2.75, 3.05) is 5.32 Å². The second kappa shape index (κ2) is 6.48. The Morgan fingerprint density at radius 1 is 1.32 bits per heavy atom. The number of amides is 1. The van der Waals surface area contributed by atoms with Crippen molar-refractivity contribution >= 4 is 27.5 Å². The molecule has 0 aliphatic heterocycles. The number of benzene rings is 1. The molecule has 4 heteroatoms. The quantitative estimate of drug-likeness (QED) is 0.926. The molecular weight excluding hydrogens is 304 g/mol. The van der Waals surface area contributed by atoms with Crippen molar-refractivity contribution in [1.82, 2.24) is 4.98 Å². The Kier molecular flexibility index (Phi) is 4.68. The fourth-order valence-corrected chi connectivity index (χ4v) is 2.21. The number of nitrogens with zero attached hydrogens (tertiary/aromatic N) is 1. The summed E-state index contributed by atoms with van der Waals surface area (Å²) in [4.78, 5) is 16.1. The van der Waals surface area contributed by atoms with Crippen LogP contribution in [0.15, 0.2) is 53.3 Å². The van der Waals surface area contributed by atoms with Crippen LogP contribution in [0.3, 0.4) is 0 Å². The fourth-order valence-electron chi connectivity index (χ4n) is 1.83. The van der Waals surface area contributed by atoms with Gasteiger partial charge in [-0.15, -0.1) is 0 Å². The van der Waals surface area contributed by atoms with Crippen molar-refractivity contribution in [2.45, 2.75) is 19.3 Å². The van der Waals surface area contributed by atoms with Crippen molar-refractivity contribution in [3.63, 3.8) is 0 Å². The highest BCUT2D eigenvalue weighted by Crippen LogP contribution is 2.23. The first-order chi connectivity index (χ1) is 9.16. The van der Waals surface area contributed by atoms with Crippen LogP contribution in [0.2, 0.25) is 0 Å². The summed E-state index contributed by atoms with van der Waals surface area (Å²) in [5.41, 5.74) is 1.87. The number of aromatic nitrogens is 1. The number of nitrogens with one attached hydrogen (secondary N) is 1. The molecule has 0 saturated carbocycles. The molecule has 1 amide bonds. The zero-order valence-corrected chi connectivity index (χ0v) is 12.2. The second-order valence-electron chi connectivity index (χ2n) is 4.42. The third-order valence-corrected chi connectivity index (χ3v) is 3.58. The first-order valence-electron chi connectivity index (χ1n) is 6.11. The lowest BCUT2D eigenvalue weighted by Crippen LogP contribution is -2.14. The summed E-state index contributed by atoms with van der Waals surface area (Å²) in [7, 11) is 0. The smallest absolute Gasteiger partial charge is 0.225 e. The highest BCUT2D eigenvalue weighted by molar-refractivity contribution is 9.10. The van der Waals surface area contributed by atoms with E-state index in [4.69, 9.17) is 0 Å². The van der Waals surface area contributed by atoms with Crippen LogP contribution in [0.5, 0.6) is 0 Å². The number of anilines is 1. The summed E-state index contributed by atoms with van der Waals surface area (Å²) in [6.45, 7) is 2.02. The zero-order chi connectivity index (χ0) is 13.7. The predicted molar refractivity (Wildman–Crippen MR) is 80.0 cm³/mol. The summed E-state index contributed by atoms with van der Waals surface area (Å²) in [6.07, 6.45) is 3.97. The van der Waals surface area contributed by atoms with Gasteiger partial charge in [0.25, 0.3) is 0 Å². The lowest BCUT2D eigenvalue weighted by atomic mass is 9.99. The van der Waals surface area contributed by atoms with Crippen LogP contribution in [0, 0.1) is 0 Å². The number of carbonyl (C=O) groups excluding carboxylic acids is 1. The number of halogens is 1. The minimum Gasteiger partial charge on any atom is -0.325 e. The maximum Gasteiger partial charge on any atom is 0.225 e. The minimum absolute atomic E-state index is 0.00301. The molecule has 1 atom stereocenters. The molecule has 98 valence electrons. The van der Waals surface area contributed by atoms with E-state index in [1.807, 2.05) is 43.3 Å². The van der Waals surface area contributed by atoms with Gasteiger partial charge < -0.3 is 5.32 Å². The van der Waals surface area contributed by atoms with Crippen LogP contribution >= 0.6 is 15.9 Å². The molecule has 1 unspecified atom stereocenters. The SMILES string of the molecule is CC(CC(=O)Nc1ccccc1Br)c1cccnc1. The molecule has 0 radical (unpaired) electrons. The largest absolute Gasteiger partial charge is 0.325 e. The highest BCUT2D eigenvalue weighted by atomic mass is 79.9. The third kappa shape index (κ3) is 3.89. The summed E-state index contributed by atoms with van der Waals surface area (Å²) < 4.78 is 0.886. The molecule has 0 aliphatic rings. The van der Waals surface area contributed by atoms with E-state index in [1.54, 1.807) is 12.4 Å². The molecule has 1 aromatic heterocycles. The van der Waals surface area contributed by atoms with Gasteiger partial charge in [-0.25, -0.2) is 0 Å². The molecular formula is C15H15BrN2O. The first kappa shape index (κ1) is 13.7. The molecule has 0 spiro atoms. The average Bonchev–Trinajstić information content (AvgIpc) is 2.42. The highest BCUT2D eigenvalue weighted by Gasteiger charge is 2.12. The van der Waals surface area contributed by atoms with E-state index in [2.05, 4.69) is 26.2 Å². The summed E-state index contributed by atoms with van der Waals surface area (Å²) >= 11 is 3.41. The molecule has 0 bridgehead atoms. The molecule has 0 aliphatic carbocycles. The van der Waals surface area contributed by atoms with Gasteiger partial charge in [0, 0.05) is 23.3 Å². The first-order valence-corrected chi connectivity index (χ1v) is 6.90. The van der Waals surface area contributed by atoms with E-state index >= 15 is 0 Å². The molecule has 3 nitrogen and oxygen atoms in total. The number of hydrogen-bond acceptors (Lipinski definition) is 2. The average molecular weight is 319 g/mol. The van der Waals surface area contributed by atoms with E-state index < -0.39 is 0 Å². The fraction of sp³-hybridized carbons (Fsp3) is 0.200. The van der Waals surface area contributed by atoms with Crippen LogP contribution < -0.4 is 5.32 Å². The number of hydrogen-bond donors (Lipinski definition) is 1. The van der Waals surface area contributed by atoms with Crippen LogP contribution in [-0.4, -0.2) is 10.9 Å². The number of carbonyl (C=O) groups is 1. The standard InChI is InChI=1S/C15H15BrN2O/c1-11(12-5-4-8-17-10-12)9-15(19)18-14-7-3-2-6-13(14)16/h2-8,10-11H,9H2,1H3,(H,18,19). The molecule has 0 saturated heterocycles. The lowest BCUT2D eigenvalue weighted by Gasteiger charge is -2.12. The molecule has 2 aromatic rings. The van der Waals surface area contributed by atoms with Gasteiger partial charge in [-0.2, -0.15) is 0 Å². The number of pyridine rings is 1. The minimum atomic E-state index is 0.00301. The van der Waals surface area contributed by atoms with Gasteiger partial charge in [0.1, 0.15) is 0 Å². The van der Waals surface area contributed by atoms with Gasteiger partial charge in [0.15, 0.2) is 0 Å². The van der Waals surface area contributed by atoms with E-state index in [9.17, 15) is 4.79 Å². The Labute approximate surface area is 121 Å². The van der Waals surface area contributed by atoms with Gasteiger partial charge in [0.05, 0.1) is 5.69 Å². The molecule has 2 rings (SSSR count). The molecule has 0 fully saturated rings. The Morgan fingerprint density at radius 2 is 2.11 bits per heavy atom. The summed E-state index contributed by atoms with van der Waals surface area (Å²) in [6, 6.07) is 11.5. The van der Waals surface area contributed by atoms with Gasteiger partial charge >= 0.3 is 0 Å². The van der Waals surface area contributed by atoms with Crippen molar-refractivity contribution in [3.05, 3.63) is 58.8 Å². The van der Waals surface area contributed by atoms with E-state index in [0.717, 1.165) is 15.7 Å². The number of rotatable bonds is 4.